The van der Waals surface area contributed by atoms with Crippen LogP contribution in [0.15, 0.2) is 0 Å². The van der Waals surface area contributed by atoms with Crippen LogP contribution in [0, 0.1) is 5.41 Å². The molecule has 0 bridgehead atoms. The molecular formula is C14H22F3NO4. The Bertz CT molecular complexity index is 392. The molecule has 1 rings (SSSR count). The third-order valence-electron chi connectivity index (χ3n) is 4.01. The molecule has 0 radical (unpaired) electrons. The summed E-state index contributed by atoms with van der Waals surface area (Å²) in [4.78, 5) is 23.3. The lowest BCUT2D eigenvalue weighted by atomic mass is 9.81. The van der Waals surface area contributed by atoms with Gasteiger partial charge in [-0.05, 0) is 26.2 Å². The van der Waals surface area contributed by atoms with Crippen LogP contribution in [0.1, 0.15) is 45.4 Å². The molecule has 8 heteroatoms. The summed E-state index contributed by atoms with van der Waals surface area (Å²) in [5.41, 5.74) is -0.811. The molecule has 0 spiro atoms. The summed E-state index contributed by atoms with van der Waals surface area (Å²) in [6, 6.07) is -1.95. The van der Waals surface area contributed by atoms with Crippen LogP contribution < -0.4 is 5.32 Å². The highest BCUT2D eigenvalue weighted by molar-refractivity contribution is 5.87. The average Bonchev–Trinajstić information content (AvgIpc) is 2.86. The lowest BCUT2D eigenvalue weighted by Gasteiger charge is -2.29. The standard InChI is InChI=1S/C14H22F3NO4/c1-2-22-8-7-13(5-3-4-6-13)12(21)18-10(11(19)20)9-14(15,16)17/h10H,2-9H2,1H3,(H,18,21)(H,19,20). The quantitative estimate of drug-likeness (QED) is 0.672. The van der Waals surface area contributed by atoms with Crippen LogP contribution in [0.25, 0.3) is 0 Å². The predicted molar refractivity (Wildman–Crippen MR) is 72.2 cm³/mol. The summed E-state index contributed by atoms with van der Waals surface area (Å²) < 4.78 is 42.4. The molecule has 0 aliphatic heterocycles. The topological polar surface area (TPSA) is 75.6 Å². The Kier molecular flexibility index (Phi) is 6.65. The van der Waals surface area contributed by atoms with Crippen LogP contribution in [0.2, 0.25) is 0 Å². The maximum absolute atomic E-state index is 12.4. The van der Waals surface area contributed by atoms with E-state index < -0.39 is 35.9 Å². The molecule has 5 nitrogen and oxygen atoms in total. The second kappa shape index (κ2) is 7.80. The monoisotopic (exact) mass is 325 g/mol. The van der Waals surface area contributed by atoms with Crippen molar-refractivity contribution in [3.63, 3.8) is 0 Å². The van der Waals surface area contributed by atoms with Crippen molar-refractivity contribution >= 4 is 11.9 Å². The number of hydrogen-bond acceptors (Lipinski definition) is 3. The molecule has 0 aromatic carbocycles. The average molecular weight is 325 g/mol. The van der Waals surface area contributed by atoms with Gasteiger partial charge in [-0.15, -0.1) is 0 Å². The fourth-order valence-electron chi connectivity index (χ4n) is 2.80. The number of carbonyl (C=O) groups excluding carboxylic acids is 1. The van der Waals surface area contributed by atoms with E-state index in [2.05, 4.69) is 5.32 Å². The SMILES string of the molecule is CCOCCC1(C(=O)NC(CC(F)(F)F)C(=O)O)CCCC1. The molecular weight excluding hydrogens is 303 g/mol. The van der Waals surface area contributed by atoms with E-state index in [-0.39, 0.29) is 0 Å². The lowest BCUT2D eigenvalue weighted by Crippen LogP contribution is -2.49. The fourth-order valence-corrected chi connectivity index (χ4v) is 2.80. The minimum absolute atomic E-state index is 0.334. The lowest BCUT2D eigenvalue weighted by molar-refractivity contribution is -0.161. The van der Waals surface area contributed by atoms with Gasteiger partial charge in [0, 0.05) is 13.2 Å². The molecule has 128 valence electrons. The molecule has 1 atom stereocenters. The highest BCUT2D eigenvalue weighted by Gasteiger charge is 2.44. The smallest absolute Gasteiger partial charge is 0.391 e. The van der Waals surface area contributed by atoms with Gasteiger partial charge in [0.2, 0.25) is 5.91 Å². The Hall–Kier alpha value is -1.31. The van der Waals surface area contributed by atoms with Gasteiger partial charge in [-0.2, -0.15) is 13.2 Å². The molecule has 2 N–H and O–H groups in total. The number of carboxylic acid groups (broad SMARTS) is 1. The summed E-state index contributed by atoms with van der Waals surface area (Å²) in [6.07, 6.45) is -3.13. The Balaban J connectivity index is 2.74. The van der Waals surface area contributed by atoms with E-state index in [0.29, 0.717) is 32.5 Å². The number of nitrogens with one attached hydrogen (secondary N) is 1. The zero-order valence-corrected chi connectivity index (χ0v) is 12.5. The first-order valence-corrected chi connectivity index (χ1v) is 7.38. The van der Waals surface area contributed by atoms with E-state index in [4.69, 9.17) is 9.84 Å². The van der Waals surface area contributed by atoms with Crippen LogP contribution >= 0.6 is 0 Å². The van der Waals surface area contributed by atoms with Crippen LogP contribution in [0.5, 0.6) is 0 Å². The Labute approximate surface area is 127 Å². The van der Waals surface area contributed by atoms with Crippen molar-refractivity contribution in [2.75, 3.05) is 13.2 Å². The largest absolute Gasteiger partial charge is 0.480 e. The maximum atomic E-state index is 12.4. The van der Waals surface area contributed by atoms with Gasteiger partial charge in [-0.25, -0.2) is 4.79 Å². The number of carbonyl (C=O) groups is 2. The summed E-state index contributed by atoms with van der Waals surface area (Å²) >= 11 is 0. The Morgan fingerprint density at radius 2 is 1.91 bits per heavy atom. The normalized spacial score (nSPS) is 18.9. The van der Waals surface area contributed by atoms with Gasteiger partial charge < -0.3 is 15.2 Å². The van der Waals surface area contributed by atoms with E-state index in [0.717, 1.165) is 12.8 Å². The van der Waals surface area contributed by atoms with E-state index in [9.17, 15) is 22.8 Å². The van der Waals surface area contributed by atoms with E-state index in [1.54, 1.807) is 0 Å². The van der Waals surface area contributed by atoms with Gasteiger partial charge in [0.15, 0.2) is 0 Å². The number of amides is 1. The first kappa shape index (κ1) is 18.7. The van der Waals surface area contributed by atoms with Gasteiger partial charge >= 0.3 is 12.1 Å². The number of hydrogen-bond donors (Lipinski definition) is 2. The van der Waals surface area contributed by atoms with Gasteiger partial charge in [0.05, 0.1) is 11.8 Å². The molecule has 0 aromatic rings. The van der Waals surface area contributed by atoms with E-state index in [1.165, 1.54) is 0 Å². The van der Waals surface area contributed by atoms with Crippen molar-refractivity contribution in [3.8, 4) is 0 Å². The van der Waals surface area contributed by atoms with Gasteiger partial charge in [-0.1, -0.05) is 12.8 Å². The zero-order chi connectivity index (χ0) is 16.8. The second-order valence-electron chi connectivity index (χ2n) is 5.62. The number of carboxylic acids is 1. The molecule has 0 aromatic heterocycles. The Morgan fingerprint density at radius 1 is 1.32 bits per heavy atom. The van der Waals surface area contributed by atoms with Gasteiger partial charge in [-0.3, -0.25) is 4.79 Å². The molecule has 1 aliphatic rings. The fraction of sp³-hybridized carbons (Fsp3) is 0.857. The highest BCUT2D eigenvalue weighted by Crippen LogP contribution is 2.41. The van der Waals surface area contributed by atoms with Crippen LogP contribution in [-0.4, -0.2) is 42.4 Å². The first-order chi connectivity index (χ1) is 10.2. The summed E-state index contributed by atoms with van der Waals surface area (Å²) in [5, 5.41) is 11.0. The second-order valence-corrected chi connectivity index (χ2v) is 5.62. The summed E-state index contributed by atoms with van der Waals surface area (Å²) in [7, 11) is 0. The number of alkyl halides is 3. The van der Waals surface area contributed by atoms with Crippen LogP contribution in [0.4, 0.5) is 13.2 Å². The number of aliphatic carboxylic acids is 1. The number of rotatable bonds is 8. The Morgan fingerprint density at radius 3 is 2.36 bits per heavy atom. The highest BCUT2D eigenvalue weighted by atomic mass is 19.4. The van der Waals surface area contributed by atoms with Crippen molar-refractivity contribution in [1.29, 1.82) is 0 Å². The van der Waals surface area contributed by atoms with Crippen molar-refractivity contribution in [3.05, 3.63) is 0 Å². The summed E-state index contributed by atoms with van der Waals surface area (Å²) in [6.45, 7) is 2.63. The predicted octanol–water partition coefficient (Wildman–Crippen LogP) is 2.50. The summed E-state index contributed by atoms with van der Waals surface area (Å²) in [5.74, 6) is -2.29. The molecule has 0 saturated heterocycles. The minimum Gasteiger partial charge on any atom is -0.480 e. The van der Waals surface area contributed by atoms with Gasteiger partial charge in [0.25, 0.3) is 0 Å². The molecule has 1 aliphatic carbocycles. The van der Waals surface area contributed by atoms with Crippen molar-refractivity contribution in [2.45, 2.75) is 57.7 Å². The number of ether oxygens (including phenoxy) is 1. The first-order valence-electron chi connectivity index (χ1n) is 7.38. The van der Waals surface area contributed by atoms with Crippen LogP contribution in [0.3, 0.4) is 0 Å². The third-order valence-corrected chi connectivity index (χ3v) is 4.01. The zero-order valence-electron chi connectivity index (χ0n) is 12.5. The van der Waals surface area contributed by atoms with E-state index in [1.807, 2.05) is 6.92 Å². The molecule has 22 heavy (non-hydrogen) atoms. The molecule has 1 saturated carbocycles. The molecule has 1 fully saturated rings. The molecule has 1 amide bonds. The third kappa shape index (κ3) is 5.47. The van der Waals surface area contributed by atoms with Gasteiger partial charge in [0.1, 0.15) is 6.04 Å². The number of halogens is 3. The van der Waals surface area contributed by atoms with Crippen molar-refractivity contribution in [1.82, 2.24) is 5.32 Å². The van der Waals surface area contributed by atoms with E-state index >= 15 is 0 Å². The van der Waals surface area contributed by atoms with Crippen LogP contribution in [-0.2, 0) is 14.3 Å². The van der Waals surface area contributed by atoms with Crippen molar-refractivity contribution < 1.29 is 32.6 Å². The molecule has 0 heterocycles. The minimum atomic E-state index is -4.65. The maximum Gasteiger partial charge on any atom is 0.391 e. The van der Waals surface area contributed by atoms with Crippen molar-refractivity contribution in [2.24, 2.45) is 5.41 Å². The molecule has 1 unspecified atom stereocenters.